The second kappa shape index (κ2) is 19.4. The van der Waals surface area contributed by atoms with Gasteiger partial charge in [0.25, 0.3) is 5.56 Å². The van der Waals surface area contributed by atoms with Gasteiger partial charge in [-0.2, -0.15) is 0 Å². The number of azide groups is 1. The first-order chi connectivity index (χ1) is 30.6. The molecule has 1 aromatic heterocycles. The Bertz CT molecular complexity index is 2600. The Balaban J connectivity index is 1.20. The summed E-state index contributed by atoms with van der Waals surface area (Å²) in [4.78, 5) is 47.0. The zero-order valence-corrected chi connectivity index (χ0v) is 37.5. The molecule has 5 aromatic rings. The van der Waals surface area contributed by atoms with Crippen LogP contribution in [-0.4, -0.2) is 74.5 Å². The normalized spacial score (nSPS) is 20.8. The highest BCUT2D eigenvalue weighted by Crippen LogP contribution is 2.44. The van der Waals surface area contributed by atoms with Gasteiger partial charge in [0.1, 0.15) is 36.3 Å². The van der Waals surface area contributed by atoms with Crippen molar-refractivity contribution in [3.05, 3.63) is 179 Å². The van der Waals surface area contributed by atoms with Crippen molar-refractivity contribution in [2.24, 2.45) is 5.11 Å². The number of nitrogens with zero attached hydrogens (tertiary/aromatic N) is 6. The standard InChI is InChI=1S/C49H56N6O9/c1-29-24-31(3)38(32(4)25-29)28-53(27-36-17-13-12-14-30(36)2)33(5)42(35-15-10-9-11-16-35)62-47(58)40(51-52-50)41(57)43-44-45(64-49(6,7)63-44)46(61-43)54-23-22-39(56)55(48(54)59)26-34-18-20-37(60-8)21-19-34/h9-25,33,40-46,57H,26-28H2,1-8H3/t33?,40-,41-,42?,43+,44+,45+,46+/m0/s1. The molecule has 336 valence electrons. The molecule has 64 heavy (non-hydrogen) atoms. The fourth-order valence-corrected chi connectivity index (χ4v) is 8.87. The van der Waals surface area contributed by atoms with Crippen LogP contribution in [0.4, 0.5) is 0 Å². The molecule has 15 nitrogen and oxygen atoms in total. The van der Waals surface area contributed by atoms with Gasteiger partial charge < -0.3 is 28.8 Å². The van der Waals surface area contributed by atoms with Crippen molar-refractivity contribution in [2.45, 2.75) is 123 Å². The van der Waals surface area contributed by atoms with E-state index in [4.69, 9.17) is 23.7 Å². The molecule has 2 aliphatic heterocycles. The van der Waals surface area contributed by atoms with Crippen LogP contribution in [0, 0.1) is 27.7 Å². The number of esters is 1. The summed E-state index contributed by atoms with van der Waals surface area (Å²) in [6.45, 7) is 14.7. The average molecular weight is 873 g/mol. The second-order valence-electron chi connectivity index (χ2n) is 17.2. The molecule has 0 bridgehead atoms. The molecule has 4 aromatic carbocycles. The van der Waals surface area contributed by atoms with Crippen LogP contribution in [0.2, 0.25) is 0 Å². The van der Waals surface area contributed by atoms with Crippen molar-refractivity contribution in [1.29, 1.82) is 0 Å². The molecule has 15 heteroatoms. The SMILES string of the molecule is COc1ccc(Cn2c(=O)ccn([C@@H]3O[C@H]([C@@H](O)[C@H](N=[N+]=[N-])C(=O)OC(c4ccccc4)C(C)N(Cc4ccccc4C)Cc4c(C)cc(C)cc4C)[C@H]4OC(C)(C)O[C@H]43)c2=O)cc1. The van der Waals surface area contributed by atoms with Crippen LogP contribution >= 0.6 is 0 Å². The number of rotatable bonds is 16. The van der Waals surface area contributed by atoms with E-state index in [1.165, 1.54) is 22.4 Å². The number of aliphatic hydroxyl groups is 1. The van der Waals surface area contributed by atoms with Crippen LogP contribution < -0.4 is 16.0 Å². The number of fused-ring (bicyclic) bond motifs is 1. The molecule has 0 spiro atoms. The minimum absolute atomic E-state index is 0.0450. The molecule has 2 aliphatic rings. The molecule has 2 unspecified atom stereocenters. The monoisotopic (exact) mass is 872 g/mol. The minimum Gasteiger partial charge on any atom is -0.497 e. The molecule has 3 heterocycles. The Morgan fingerprint density at radius 3 is 2.22 bits per heavy atom. The summed E-state index contributed by atoms with van der Waals surface area (Å²) in [7, 11) is 1.54. The van der Waals surface area contributed by atoms with E-state index in [-0.39, 0.29) is 6.54 Å². The smallest absolute Gasteiger partial charge is 0.333 e. The third kappa shape index (κ3) is 9.85. The van der Waals surface area contributed by atoms with Crippen molar-refractivity contribution >= 4 is 5.97 Å². The van der Waals surface area contributed by atoms with Crippen LogP contribution in [0.1, 0.15) is 77.6 Å². The van der Waals surface area contributed by atoms with E-state index in [0.717, 1.165) is 32.4 Å². The minimum atomic E-state index is -1.83. The molecule has 0 aliphatic carbocycles. The van der Waals surface area contributed by atoms with E-state index in [9.17, 15) is 25.0 Å². The molecular weight excluding hydrogens is 817 g/mol. The van der Waals surface area contributed by atoms with Gasteiger partial charge in [0.05, 0.1) is 13.7 Å². The van der Waals surface area contributed by atoms with Crippen molar-refractivity contribution in [3.63, 3.8) is 0 Å². The maximum atomic E-state index is 14.6. The van der Waals surface area contributed by atoms with Gasteiger partial charge in [0.15, 0.2) is 18.1 Å². The number of aliphatic hydroxyl groups excluding tert-OH is 1. The van der Waals surface area contributed by atoms with Crippen LogP contribution in [0.25, 0.3) is 10.4 Å². The summed E-state index contributed by atoms with van der Waals surface area (Å²) in [5, 5.41) is 15.9. The molecule has 0 saturated carbocycles. The number of benzene rings is 4. The Labute approximate surface area is 372 Å². The number of aryl methyl sites for hydroxylation is 4. The summed E-state index contributed by atoms with van der Waals surface area (Å²) in [5.41, 5.74) is 16.8. The van der Waals surface area contributed by atoms with E-state index in [0.29, 0.717) is 30.0 Å². The Hall–Kier alpha value is -6.06. The molecular formula is C49H56N6O9. The summed E-state index contributed by atoms with van der Waals surface area (Å²) in [6, 6.07) is 27.7. The molecule has 0 amide bonds. The molecule has 1 N–H and O–H groups in total. The number of methoxy groups -OCH3 is 1. The van der Waals surface area contributed by atoms with Crippen molar-refractivity contribution in [1.82, 2.24) is 14.0 Å². The van der Waals surface area contributed by atoms with Crippen LogP contribution in [0.3, 0.4) is 0 Å². The van der Waals surface area contributed by atoms with E-state index >= 15 is 0 Å². The Morgan fingerprint density at radius 2 is 1.56 bits per heavy atom. The van der Waals surface area contributed by atoms with E-state index in [1.54, 1.807) is 45.2 Å². The summed E-state index contributed by atoms with van der Waals surface area (Å²) < 4.78 is 32.8. The van der Waals surface area contributed by atoms with Crippen molar-refractivity contribution < 1.29 is 33.6 Å². The highest BCUT2D eigenvalue weighted by atomic mass is 16.8. The quantitative estimate of drug-likeness (QED) is 0.0464. The van der Waals surface area contributed by atoms with Gasteiger partial charge in [-0.1, -0.05) is 89.5 Å². The van der Waals surface area contributed by atoms with E-state index < -0.39 is 71.8 Å². The van der Waals surface area contributed by atoms with Gasteiger partial charge in [0.2, 0.25) is 0 Å². The van der Waals surface area contributed by atoms with Gasteiger partial charge in [-0.25, -0.2) is 4.79 Å². The fourth-order valence-electron chi connectivity index (χ4n) is 8.87. The van der Waals surface area contributed by atoms with Crippen molar-refractivity contribution in [3.8, 4) is 5.75 Å². The van der Waals surface area contributed by atoms with Gasteiger partial charge >= 0.3 is 11.7 Å². The van der Waals surface area contributed by atoms with Crippen molar-refractivity contribution in [2.75, 3.05) is 7.11 Å². The topological polar surface area (TPSA) is 179 Å². The summed E-state index contributed by atoms with van der Waals surface area (Å²) in [5.74, 6) is -1.57. The lowest BCUT2D eigenvalue weighted by Gasteiger charge is -2.36. The van der Waals surface area contributed by atoms with Crippen LogP contribution in [-0.2, 0) is 43.4 Å². The summed E-state index contributed by atoms with van der Waals surface area (Å²) in [6.07, 6.45) is -6.02. The highest BCUT2D eigenvalue weighted by Gasteiger charge is 2.59. The van der Waals surface area contributed by atoms with Gasteiger partial charge in [0, 0.05) is 36.3 Å². The largest absolute Gasteiger partial charge is 0.497 e. The molecule has 2 saturated heterocycles. The number of aromatic nitrogens is 2. The zero-order chi connectivity index (χ0) is 45.9. The number of hydrogen-bond donors (Lipinski definition) is 1. The lowest BCUT2D eigenvalue weighted by atomic mass is 9.96. The molecule has 2 fully saturated rings. The van der Waals surface area contributed by atoms with Gasteiger partial charge in [-0.3, -0.25) is 23.6 Å². The number of hydrogen-bond acceptors (Lipinski definition) is 11. The second-order valence-corrected chi connectivity index (χ2v) is 17.2. The Kier molecular flexibility index (Phi) is 13.9. The van der Waals surface area contributed by atoms with Crippen LogP contribution in [0.15, 0.2) is 118 Å². The average Bonchev–Trinajstić information content (AvgIpc) is 3.77. The predicted molar refractivity (Wildman–Crippen MR) is 240 cm³/mol. The predicted octanol–water partition coefficient (Wildman–Crippen LogP) is 7.13. The van der Waals surface area contributed by atoms with Gasteiger partial charge in [-0.15, -0.1) is 0 Å². The number of carbonyl (C=O) groups excluding carboxylic acids is 1. The lowest BCUT2D eigenvalue weighted by molar-refractivity contribution is -0.210. The first-order valence-corrected chi connectivity index (χ1v) is 21.4. The maximum Gasteiger partial charge on any atom is 0.333 e. The highest BCUT2D eigenvalue weighted by molar-refractivity contribution is 5.77. The zero-order valence-electron chi connectivity index (χ0n) is 37.5. The first-order valence-electron chi connectivity index (χ1n) is 21.4. The number of ether oxygens (including phenoxy) is 5. The molecule has 0 radical (unpaired) electrons. The van der Waals surface area contributed by atoms with E-state index in [1.807, 2.05) is 49.4 Å². The van der Waals surface area contributed by atoms with E-state index in [2.05, 4.69) is 66.9 Å². The maximum absolute atomic E-state index is 14.6. The Morgan fingerprint density at radius 1 is 0.906 bits per heavy atom. The lowest BCUT2D eigenvalue weighted by Crippen LogP contribution is -2.48. The van der Waals surface area contributed by atoms with Gasteiger partial charge in [-0.05, 0) is 105 Å². The molecule has 8 atom stereocenters. The molecule has 7 rings (SSSR count). The first kappa shape index (κ1) is 45.9. The third-order valence-electron chi connectivity index (χ3n) is 12.2. The fraction of sp³-hybridized carbons (Fsp3) is 0.408. The summed E-state index contributed by atoms with van der Waals surface area (Å²) >= 11 is 0. The van der Waals surface area contributed by atoms with Crippen LogP contribution in [0.5, 0.6) is 5.75 Å². The number of carbonyl (C=O) groups is 1. The third-order valence-corrected chi connectivity index (χ3v) is 12.2.